The molecule has 0 amide bonds. The lowest BCUT2D eigenvalue weighted by atomic mass is 9.82. The fourth-order valence-electron chi connectivity index (χ4n) is 4.16. The first-order chi connectivity index (χ1) is 12.1. The quantitative estimate of drug-likeness (QED) is 0.569. The largest absolute Gasteiger partial charge is 0.459 e. The number of carbonyl (C=O) groups is 1. The number of esters is 1. The first-order valence-electron chi connectivity index (χ1n) is 9.96. The molecule has 0 unspecified atom stereocenters. The minimum atomic E-state index is -0.626. The van der Waals surface area contributed by atoms with Crippen LogP contribution in [-0.2, 0) is 14.3 Å². The highest BCUT2D eigenvalue weighted by molar-refractivity contribution is 5.66. The zero-order chi connectivity index (χ0) is 19.5. The molecular formula is C22H36O4. The Morgan fingerprint density at radius 2 is 2.00 bits per heavy atom. The van der Waals surface area contributed by atoms with Crippen LogP contribution >= 0.6 is 0 Å². The van der Waals surface area contributed by atoms with Crippen LogP contribution in [0, 0.1) is 5.92 Å². The topological polar surface area (TPSA) is 55.8 Å². The molecule has 0 aromatic rings. The monoisotopic (exact) mass is 364 g/mol. The van der Waals surface area contributed by atoms with Gasteiger partial charge in [-0.2, -0.15) is 0 Å². The van der Waals surface area contributed by atoms with E-state index in [0.717, 1.165) is 37.7 Å². The third-order valence-electron chi connectivity index (χ3n) is 6.29. The van der Waals surface area contributed by atoms with E-state index in [1.54, 1.807) is 0 Å². The molecule has 4 atom stereocenters. The van der Waals surface area contributed by atoms with Crippen LogP contribution in [-0.4, -0.2) is 34.5 Å². The molecule has 0 spiro atoms. The number of aliphatic hydroxyl groups is 1. The molecule has 0 aliphatic carbocycles. The normalized spacial score (nSPS) is 40.5. The molecule has 26 heavy (non-hydrogen) atoms. The van der Waals surface area contributed by atoms with E-state index in [1.165, 1.54) is 12.5 Å². The predicted molar refractivity (Wildman–Crippen MR) is 104 cm³/mol. The molecule has 4 heteroatoms. The maximum Gasteiger partial charge on any atom is 0.303 e. The average molecular weight is 365 g/mol. The molecular weight excluding hydrogens is 328 g/mol. The van der Waals surface area contributed by atoms with Crippen molar-refractivity contribution in [2.45, 2.75) is 103 Å². The molecule has 0 aromatic carbocycles. The number of rotatable bonds is 2. The summed E-state index contributed by atoms with van der Waals surface area (Å²) < 4.78 is 12.4. The van der Waals surface area contributed by atoms with Gasteiger partial charge in [0.15, 0.2) is 0 Å². The Kier molecular flexibility index (Phi) is 6.73. The highest BCUT2D eigenvalue weighted by Crippen LogP contribution is 2.48. The van der Waals surface area contributed by atoms with Gasteiger partial charge in [-0.05, 0) is 64.4 Å². The van der Waals surface area contributed by atoms with E-state index < -0.39 is 17.8 Å². The molecule has 0 radical (unpaired) electrons. The molecule has 0 saturated carbocycles. The van der Waals surface area contributed by atoms with E-state index in [4.69, 9.17) is 9.47 Å². The van der Waals surface area contributed by atoms with Gasteiger partial charge in [0.25, 0.3) is 0 Å². The van der Waals surface area contributed by atoms with Crippen LogP contribution in [0.15, 0.2) is 23.3 Å². The Morgan fingerprint density at radius 1 is 1.31 bits per heavy atom. The highest BCUT2D eigenvalue weighted by Gasteiger charge is 2.52. The Hall–Kier alpha value is -1.13. The van der Waals surface area contributed by atoms with Crippen molar-refractivity contribution in [3.05, 3.63) is 23.3 Å². The van der Waals surface area contributed by atoms with Crippen LogP contribution in [0.2, 0.25) is 0 Å². The minimum absolute atomic E-state index is 0.240. The molecule has 1 saturated heterocycles. The van der Waals surface area contributed by atoms with Gasteiger partial charge in [-0.25, -0.2) is 0 Å². The molecule has 2 bridgehead atoms. The van der Waals surface area contributed by atoms with Crippen LogP contribution in [0.5, 0.6) is 0 Å². The van der Waals surface area contributed by atoms with Crippen LogP contribution in [0.1, 0.15) is 80.1 Å². The van der Waals surface area contributed by atoms with E-state index >= 15 is 0 Å². The van der Waals surface area contributed by atoms with E-state index in [0.29, 0.717) is 12.3 Å². The average Bonchev–Trinajstić information content (AvgIpc) is 2.91. The third kappa shape index (κ3) is 4.77. The smallest absolute Gasteiger partial charge is 0.303 e. The zero-order valence-corrected chi connectivity index (χ0v) is 17.3. The molecule has 2 aliphatic rings. The fraction of sp³-hybridized carbons (Fsp3) is 0.773. The van der Waals surface area contributed by atoms with Crippen molar-refractivity contribution in [3.8, 4) is 0 Å². The predicted octanol–water partition coefficient (Wildman–Crippen LogP) is 4.71. The van der Waals surface area contributed by atoms with Gasteiger partial charge in [0.05, 0.1) is 11.7 Å². The standard InChI is InChI=1S/C22H36O4/c1-15(2)22-11-10-16(3)8-7-9-17(4)19(24)14-20(25-18(5)23)21(6,26-22)12-13-22/h9-10,15,19-20,24H,7-8,11-14H2,1-6H3/b16-10+,17-9-/t19-,20+,21+,22-/m0/s1. The van der Waals surface area contributed by atoms with E-state index in [1.807, 2.05) is 13.8 Å². The molecule has 2 heterocycles. The Bertz CT molecular complexity index is 577. The van der Waals surface area contributed by atoms with Crippen molar-refractivity contribution >= 4 is 5.97 Å². The van der Waals surface area contributed by atoms with E-state index in [-0.39, 0.29) is 11.6 Å². The van der Waals surface area contributed by atoms with Crippen molar-refractivity contribution < 1.29 is 19.4 Å². The number of allylic oxidation sites excluding steroid dienone is 2. The summed E-state index contributed by atoms with van der Waals surface area (Å²) in [7, 11) is 0. The molecule has 1 fully saturated rings. The molecule has 148 valence electrons. The second-order valence-corrected chi connectivity index (χ2v) is 8.73. The summed E-state index contributed by atoms with van der Waals surface area (Å²) >= 11 is 0. The number of hydrogen-bond donors (Lipinski definition) is 1. The lowest BCUT2D eigenvalue weighted by Gasteiger charge is -2.40. The first kappa shape index (κ1) is 21.2. The Morgan fingerprint density at radius 3 is 2.62 bits per heavy atom. The van der Waals surface area contributed by atoms with Gasteiger partial charge in [-0.1, -0.05) is 31.6 Å². The second kappa shape index (κ2) is 8.26. The number of fused-ring (bicyclic) bond motifs is 2. The number of aliphatic hydroxyl groups excluding tert-OH is 1. The summed E-state index contributed by atoms with van der Waals surface area (Å²) in [5.41, 5.74) is 1.48. The van der Waals surface area contributed by atoms with Crippen LogP contribution < -0.4 is 0 Å². The summed E-state index contributed by atoms with van der Waals surface area (Å²) in [6.45, 7) is 12.0. The third-order valence-corrected chi connectivity index (χ3v) is 6.29. The van der Waals surface area contributed by atoms with Crippen LogP contribution in [0.25, 0.3) is 0 Å². The maximum absolute atomic E-state index is 11.7. The SMILES string of the molecule is CC(=O)O[C@@H]1C[C@H](O)/C(C)=C\CC/C(C)=C/C[C@@]2(C(C)C)CC[C@@]1(C)O2. The first-order valence-corrected chi connectivity index (χ1v) is 9.96. The van der Waals surface area contributed by atoms with Gasteiger partial charge in [0.2, 0.25) is 0 Å². The van der Waals surface area contributed by atoms with Crippen molar-refractivity contribution in [3.63, 3.8) is 0 Å². The van der Waals surface area contributed by atoms with Crippen molar-refractivity contribution in [1.29, 1.82) is 0 Å². The zero-order valence-electron chi connectivity index (χ0n) is 17.3. The van der Waals surface area contributed by atoms with Gasteiger partial charge in [0, 0.05) is 13.3 Å². The van der Waals surface area contributed by atoms with Crippen LogP contribution in [0.4, 0.5) is 0 Å². The lowest BCUT2D eigenvalue weighted by Crippen LogP contribution is -2.47. The van der Waals surface area contributed by atoms with Gasteiger partial charge in [-0.15, -0.1) is 0 Å². The number of hydrogen-bond acceptors (Lipinski definition) is 4. The van der Waals surface area contributed by atoms with Gasteiger partial charge in [-0.3, -0.25) is 4.79 Å². The van der Waals surface area contributed by atoms with Crippen LogP contribution in [0.3, 0.4) is 0 Å². The molecule has 2 rings (SSSR count). The van der Waals surface area contributed by atoms with Gasteiger partial charge >= 0.3 is 5.97 Å². The second-order valence-electron chi connectivity index (χ2n) is 8.73. The Balaban J connectivity index is 2.41. The van der Waals surface area contributed by atoms with Gasteiger partial charge < -0.3 is 14.6 Å². The molecule has 1 N–H and O–H groups in total. The molecule has 2 aliphatic heterocycles. The maximum atomic E-state index is 11.7. The fourth-order valence-corrected chi connectivity index (χ4v) is 4.16. The van der Waals surface area contributed by atoms with E-state index in [2.05, 4.69) is 32.9 Å². The lowest BCUT2D eigenvalue weighted by molar-refractivity contribution is -0.189. The molecule has 4 nitrogen and oxygen atoms in total. The highest BCUT2D eigenvalue weighted by atomic mass is 16.6. The molecule has 0 aromatic heterocycles. The summed E-state index contributed by atoms with van der Waals surface area (Å²) in [6, 6.07) is 0. The van der Waals surface area contributed by atoms with E-state index in [9.17, 15) is 9.90 Å². The summed E-state index contributed by atoms with van der Waals surface area (Å²) in [6.07, 6.45) is 8.25. The summed E-state index contributed by atoms with van der Waals surface area (Å²) in [5, 5.41) is 10.7. The van der Waals surface area contributed by atoms with Gasteiger partial charge in [0.1, 0.15) is 11.7 Å². The summed E-state index contributed by atoms with van der Waals surface area (Å²) in [5.74, 6) is 0.0389. The summed E-state index contributed by atoms with van der Waals surface area (Å²) in [4.78, 5) is 11.7. The minimum Gasteiger partial charge on any atom is -0.459 e. The van der Waals surface area contributed by atoms with Crippen molar-refractivity contribution in [2.24, 2.45) is 5.92 Å². The Labute approximate surface area is 158 Å². The number of ether oxygens (including phenoxy) is 2. The van der Waals surface area contributed by atoms with Crippen molar-refractivity contribution in [2.75, 3.05) is 0 Å². The number of carbonyl (C=O) groups excluding carboxylic acids is 1. The van der Waals surface area contributed by atoms with Crippen molar-refractivity contribution in [1.82, 2.24) is 0 Å².